The highest BCUT2D eigenvalue weighted by Crippen LogP contribution is 2.28. The van der Waals surface area contributed by atoms with Gasteiger partial charge in [0.2, 0.25) is 0 Å². The maximum absolute atomic E-state index is 12.6. The molecule has 0 spiro atoms. The quantitative estimate of drug-likeness (QED) is 0.767. The fraction of sp³-hybridized carbons (Fsp3) is 0.381. The van der Waals surface area contributed by atoms with Gasteiger partial charge in [0.1, 0.15) is 0 Å². The van der Waals surface area contributed by atoms with Gasteiger partial charge in [0, 0.05) is 5.56 Å². The minimum absolute atomic E-state index is 0.0690. The summed E-state index contributed by atoms with van der Waals surface area (Å²) in [5.41, 5.74) is 2.93. The number of ether oxygens (including phenoxy) is 2. The van der Waals surface area contributed by atoms with E-state index >= 15 is 0 Å². The van der Waals surface area contributed by atoms with Crippen molar-refractivity contribution in [2.45, 2.75) is 40.2 Å². The molecule has 2 aromatic carbocycles. The molecule has 0 aliphatic heterocycles. The van der Waals surface area contributed by atoms with Crippen molar-refractivity contribution in [3.8, 4) is 11.5 Å². The number of aryl methyl sites for hydroxylation is 1. The molecule has 4 nitrogen and oxygen atoms in total. The molecule has 1 N–H and O–H groups in total. The summed E-state index contributed by atoms with van der Waals surface area (Å²) in [6.07, 6.45) is 1.01. The summed E-state index contributed by atoms with van der Waals surface area (Å²) in [6, 6.07) is 13.5. The summed E-state index contributed by atoms with van der Waals surface area (Å²) in [4.78, 5) is 12.6. The van der Waals surface area contributed by atoms with E-state index in [4.69, 9.17) is 9.47 Å². The average molecular weight is 341 g/mol. The first-order valence-corrected chi connectivity index (χ1v) is 8.88. The Labute approximate surface area is 150 Å². The van der Waals surface area contributed by atoms with Gasteiger partial charge < -0.3 is 14.8 Å². The molecular formula is C21H27NO3. The van der Waals surface area contributed by atoms with Crippen LogP contribution in [0.25, 0.3) is 0 Å². The Morgan fingerprint density at radius 3 is 2.20 bits per heavy atom. The molecule has 0 aromatic heterocycles. The number of carbonyl (C=O) groups excluding carboxylic acids is 1. The zero-order chi connectivity index (χ0) is 18.2. The molecule has 2 aromatic rings. The topological polar surface area (TPSA) is 47.6 Å². The third-order valence-electron chi connectivity index (χ3n) is 4.04. The Hall–Kier alpha value is -2.49. The van der Waals surface area contributed by atoms with Gasteiger partial charge in [-0.3, -0.25) is 4.79 Å². The second kappa shape index (κ2) is 9.11. The van der Waals surface area contributed by atoms with Gasteiger partial charge in [-0.05, 0) is 56.5 Å². The third kappa shape index (κ3) is 4.99. The van der Waals surface area contributed by atoms with Crippen LogP contribution in [0.3, 0.4) is 0 Å². The molecule has 1 amide bonds. The van der Waals surface area contributed by atoms with Crippen LogP contribution in [0.4, 0.5) is 0 Å². The monoisotopic (exact) mass is 341 g/mol. The fourth-order valence-electron chi connectivity index (χ4n) is 2.60. The summed E-state index contributed by atoms with van der Waals surface area (Å²) in [6.45, 7) is 9.01. The van der Waals surface area contributed by atoms with E-state index in [-0.39, 0.29) is 11.9 Å². The highest BCUT2D eigenvalue weighted by molar-refractivity contribution is 5.95. The minimum atomic E-state index is -0.129. The maximum atomic E-state index is 12.6. The van der Waals surface area contributed by atoms with Gasteiger partial charge in [0.25, 0.3) is 5.91 Å². The van der Waals surface area contributed by atoms with Crippen molar-refractivity contribution in [2.24, 2.45) is 0 Å². The van der Waals surface area contributed by atoms with Crippen molar-refractivity contribution >= 4 is 5.91 Å². The van der Waals surface area contributed by atoms with Crippen LogP contribution in [0.5, 0.6) is 11.5 Å². The number of rotatable bonds is 8. The molecule has 0 aliphatic rings. The lowest BCUT2D eigenvalue weighted by Crippen LogP contribution is -2.26. The summed E-state index contributed by atoms with van der Waals surface area (Å²) >= 11 is 0. The van der Waals surface area contributed by atoms with Crippen LogP contribution in [0.15, 0.2) is 42.5 Å². The fourth-order valence-corrected chi connectivity index (χ4v) is 2.60. The van der Waals surface area contributed by atoms with E-state index < -0.39 is 0 Å². The highest BCUT2D eigenvalue weighted by atomic mass is 16.5. The zero-order valence-electron chi connectivity index (χ0n) is 15.5. The lowest BCUT2D eigenvalue weighted by Gasteiger charge is -2.16. The van der Waals surface area contributed by atoms with Crippen LogP contribution in [0.1, 0.15) is 55.2 Å². The summed E-state index contributed by atoms with van der Waals surface area (Å²) < 4.78 is 11.1. The van der Waals surface area contributed by atoms with E-state index in [1.165, 1.54) is 5.56 Å². The molecular weight excluding hydrogens is 314 g/mol. The molecule has 0 fully saturated rings. The molecule has 0 unspecified atom stereocenters. The van der Waals surface area contributed by atoms with Crippen molar-refractivity contribution in [2.75, 3.05) is 13.2 Å². The molecule has 0 saturated carbocycles. The molecule has 2 rings (SSSR count). The van der Waals surface area contributed by atoms with Crippen LogP contribution < -0.4 is 14.8 Å². The van der Waals surface area contributed by atoms with Gasteiger partial charge in [-0.15, -0.1) is 0 Å². The molecule has 1 atom stereocenters. The highest BCUT2D eigenvalue weighted by Gasteiger charge is 2.14. The van der Waals surface area contributed by atoms with Crippen molar-refractivity contribution in [3.63, 3.8) is 0 Å². The van der Waals surface area contributed by atoms with Crippen LogP contribution >= 0.6 is 0 Å². The lowest BCUT2D eigenvalue weighted by molar-refractivity contribution is 0.0939. The molecule has 134 valence electrons. The lowest BCUT2D eigenvalue weighted by atomic mass is 10.0. The van der Waals surface area contributed by atoms with E-state index in [0.717, 1.165) is 12.0 Å². The van der Waals surface area contributed by atoms with Gasteiger partial charge in [0.05, 0.1) is 19.3 Å². The second-order valence-electron chi connectivity index (χ2n) is 5.82. The SMILES string of the molecule is CCOc1ccc(C(=O)N[C@@H](C)c2ccc(CC)cc2)cc1OCC. The number of carbonyl (C=O) groups is 1. The Bertz CT molecular complexity index is 695. The minimum Gasteiger partial charge on any atom is -0.490 e. The zero-order valence-corrected chi connectivity index (χ0v) is 15.5. The van der Waals surface area contributed by atoms with E-state index in [0.29, 0.717) is 30.3 Å². The van der Waals surface area contributed by atoms with Crippen molar-refractivity contribution in [1.82, 2.24) is 5.32 Å². The largest absolute Gasteiger partial charge is 0.490 e. The van der Waals surface area contributed by atoms with Crippen molar-refractivity contribution in [1.29, 1.82) is 0 Å². The van der Waals surface area contributed by atoms with Gasteiger partial charge in [-0.1, -0.05) is 31.2 Å². The number of nitrogens with one attached hydrogen (secondary N) is 1. The van der Waals surface area contributed by atoms with Gasteiger partial charge in [0.15, 0.2) is 11.5 Å². The Kier molecular flexibility index (Phi) is 6.87. The molecule has 0 heterocycles. The molecule has 25 heavy (non-hydrogen) atoms. The molecule has 0 saturated heterocycles. The standard InChI is InChI=1S/C21H27NO3/c1-5-16-8-10-17(11-9-16)15(4)22-21(23)18-12-13-19(24-6-2)20(14-18)25-7-3/h8-15H,5-7H2,1-4H3,(H,22,23)/t15-/m0/s1. The Morgan fingerprint density at radius 1 is 0.960 bits per heavy atom. The number of amides is 1. The predicted octanol–water partition coefficient (Wildman–Crippen LogP) is 4.54. The average Bonchev–Trinajstić information content (AvgIpc) is 2.63. The molecule has 4 heteroatoms. The first-order chi connectivity index (χ1) is 12.1. The Morgan fingerprint density at radius 2 is 1.60 bits per heavy atom. The normalized spacial score (nSPS) is 11.7. The second-order valence-corrected chi connectivity index (χ2v) is 5.82. The Balaban J connectivity index is 2.12. The first kappa shape index (κ1) is 18.8. The van der Waals surface area contributed by atoms with Crippen LogP contribution in [-0.4, -0.2) is 19.1 Å². The van der Waals surface area contributed by atoms with Crippen LogP contribution in [0.2, 0.25) is 0 Å². The smallest absolute Gasteiger partial charge is 0.251 e. The first-order valence-electron chi connectivity index (χ1n) is 8.88. The predicted molar refractivity (Wildman–Crippen MR) is 100 cm³/mol. The number of hydrogen-bond acceptors (Lipinski definition) is 3. The van der Waals surface area contributed by atoms with E-state index in [9.17, 15) is 4.79 Å². The number of benzene rings is 2. The summed E-state index contributed by atoms with van der Waals surface area (Å²) in [5, 5.41) is 3.04. The molecule has 0 aliphatic carbocycles. The summed E-state index contributed by atoms with van der Waals surface area (Å²) in [7, 11) is 0. The number of hydrogen-bond donors (Lipinski definition) is 1. The van der Waals surface area contributed by atoms with Crippen molar-refractivity contribution < 1.29 is 14.3 Å². The van der Waals surface area contributed by atoms with E-state index in [2.05, 4.69) is 36.5 Å². The van der Waals surface area contributed by atoms with Crippen LogP contribution in [0, 0.1) is 0 Å². The summed E-state index contributed by atoms with van der Waals surface area (Å²) in [5.74, 6) is 1.12. The van der Waals surface area contributed by atoms with Gasteiger partial charge >= 0.3 is 0 Å². The molecule has 0 radical (unpaired) electrons. The molecule has 0 bridgehead atoms. The van der Waals surface area contributed by atoms with Crippen LogP contribution in [-0.2, 0) is 6.42 Å². The van der Waals surface area contributed by atoms with Crippen molar-refractivity contribution in [3.05, 3.63) is 59.2 Å². The maximum Gasteiger partial charge on any atom is 0.251 e. The van der Waals surface area contributed by atoms with E-state index in [1.54, 1.807) is 18.2 Å². The van der Waals surface area contributed by atoms with Gasteiger partial charge in [-0.25, -0.2) is 0 Å². The third-order valence-corrected chi connectivity index (χ3v) is 4.04. The van der Waals surface area contributed by atoms with E-state index in [1.807, 2.05) is 20.8 Å². The van der Waals surface area contributed by atoms with Gasteiger partial charge in [-0.2, -0.15) is 0 Å².